The molecule has 0 spiro atoms. The van der Waals surface area contributed by atoms with Crippen LogP contribution in [0.5, 0.6) is 5.75 Å². The van der Waals surface area contributed by atoms with Gasteiger partial charge in [-0.25, -0.2) is 4.79 Å². The highest BCUT2D eigenvalue weighted by molar-refractivity contribution is 6.00. The van der Waals surface area contributed by atoms with E-state index in [4.69, 9.17) is 9.47 Å². The molecule has 0 saturated heterocycles. The number of amides is 1. The number of benzene rings is 1. The number of hydrogen-bond acceptors (Lipinski definition) is 5. The molecule has 0 fully saturated rings. The average molecular weight is 402 g/mol. The van der Waals surface area contributed by atoms with E-state index < -0.39 is 5.97 Å². The molecule has 7 heteroatoms. The van der Waals surface area contributed by atoms with Crippen molar-refractivity contribution in [3.63, 3.8) is 0 Å². The molecule has 0 atom stereocenters. The normalized spacial score (nSPS) is 10.7. The highest BCUT2D eigenvalue weighted by Gasteiger charge is 2.26. The number of aromatic amines is 1. The first-order valence-corrected chi connectivity index (χ1v) is 9.98. The van der Waals surface area contributed by atoms with Crippen molar-refractivity contribution in [3.8, 4) is 5.75 Å². The Labute approximate surface area is 172 Å². The fourth-order valence-electron chi connectivity index (χ4n) is 3.01. The van der Waals surface area contributed by atoms with Gasteiger partial charge in [0.25, 0.3) is 5.91 Å². The van der Waals surface area contributed by atoms with Gasteiger partial charge in [-0.2, -0.15) is 0 Å². The Morgan fingerprint density at radius 2 is 1.83 bits per heavy atom. The van der Waals surface area contributed by atoms with E-state index in [1.807, 2.05) is 45.0 Å². The molecule has 3 N–H and O–H groups in total. The molecule has 0 aliphatic heterocycles. The van der Waals surface area contributed by atoms with Crippen molar-refractivity contribution >= 4 is 17.6 Å². The first kappa shape index (κ1) is 22.3. The molecule has 0 saturated carbocycles. The van der Waals surface area contributed by atoms with E-state index in [1.165, 1.54) is 0 Å². The molecule has 1 aromatic heterocycles. The predicted octanol–water partition coefficient (Wildman–Crippen LogP) is 3.76. The van der Waals surface area contributed by atoms with Gasteiger partial charge in [0.05, 0.1) is 25.8 Å². The van der Waals surface area contributed by atoms with Gasteiger partial charge >= 0.3 is 5.97 Å². The molecular formula is C22H31N3O4. The summed E-state index contributed by atoms with van der Waals surface area (Å²) in [7, 11) is 1.62. The topological polar surface area (TPSA) is 92.5 Å². The second-order valence-corrected chi connectivity index (χ2v) is 7.09. The van der Waals surface area contributed by atoms with E-state index in [2.05, 4.69) is 15.6 Å². The molecular weight excluding hydrogens is 370 g/mol. The molecule has 7 nitrogen and oxygen atoms in total. The van der Waals surface area contributed by atoms with E-state index in [0.717, 1.165) is 11.4 Å². The van der Waals surface area contributed by atoms with Crippen molar-refractivity contribution in [2.45, 2.75) is 40.7 Å². The van der Waals surface area contributed by atoms with Gasteiger partial charge in [-0.15, -0.1) is 0 Å². The summed E-state index contributed by atoms with van der Waals surface area (Å²) in [5.74, 6) is 0.464. The number of rotatable bonds is 10. The lowest BCUT2D eigenvalue weighted by atomic mass is 10.1. The molecule has 0 aliphatic carbocycles. The smallest absolute Gasteiger partial charge is 0.340 e. The van der Waals surface area contributed by atoms with Crippen LogP contribution in [-0.4, -0.2) is 37.1 Å². The summed E-state index contributed by atoms with van der Waals surface area (Å²) in [4.78, 5) is 28.5. The standard InChI is InChI=1S/C22H31N3O4/c1-6-17-19(22(27)29-7-2)18(25-20(17)21(26)24-12-14(3)4)13-23-15-8-10-16(28-5)11-9-15/h8-11,14,23,25H,6-7,12-13H2,1-5H3,(H,24,26). The highest BCUT2D eigenvalue weighted by Crippen LogP contribution is 2.23. The Hall–Kier alpha value is -2.96. The maximum absolute atomic E-state index is 12.7. The molecule has 0 bridgehead atoms. The molecule has 2 rings (SSSR count). The van der Waals surface area contributed by atoms with Crippen LogP contribution in [-0.2, 0) is 17.7 Å². The summed E-state index contributed by atoms with van der Waals surface area (Å²) >= 11 is 0. The number of hydrogen-bond donors (Lipinski definition) is 3. The van der Waals surface area contributed by atoms with Crippen LogP contribution in [0.25, 0.3) is 0 Å². The second kappa shape index (κ2) is 10.5. The van der Waals surface area contributed by atoms with Gasteiger partial charge in [0.1, 0.15) is 11.4 Å². The molecule has 0 radical (unpaired) electrons. The monoisotopic (exact) mass is 401 g/mol. The molecule has 1 amide bonds. The van der Waals surface area contributed by atoms with E-state index in [-0.39, 0.29) is 12.5 Å². The van der Waals surface area contributed by atoms with Crippen LogP contribution in [0.15, 0.2) is 24.3 Å². The van der Waals surface area contributed by atoms with Gasteiger partial charge < -0.3 is 25.1 Å². The minimum atomic E-state index is -0.421. The molecule has 0 unspecified atom stereocenters. The number of H-pyrrole nitrogens is 1. The Morgan fingerprint density at radius 3 is 2.38 bits per heavy atom. The van der Waals surface area contributed by atoms with Crippen LogP contribution < -0.4 is 15.4 Å². The number of esters is 1. The Morgan fingerprint density at radius 1 is 1.14 bits per heavy atom. The van der Waals surface area contributed by atoms with E-state index in [9.17, 15) is 9.59 Å². The SMILES string of the molecule is CCOC(=O)c1c(CNc2ccc(OC)cc2)[nH]c(C(=O)NCC(C)C)c1CC. The quantitative estimate of drug-likeness (QED) is 0.527. The lowest BCUT2D eigenvalue weighted by Gasteiger charge is -2.09. The Kier molecular flexibility index (Phi) is 8.12. The highest BCUT2D eigenvalue weighted by atomic mass is 16.5. The van der Waals surface area contributed by atoms with E-state index in [1.54, 1.807) is 14.0 Å². The summed E-state index contributed by atoms with van der Waals surface area (Å²) in [6.07, 6.45) is 0.539. The van der Waals surface area contributed by atoms with Crippen molar-refractivity contribution in [1.82, 2.24) is 10.3 Å². The van der Waals surface area contributed by atoms with E-state index >= 15 is 0 Å². The van der Waals surface area contributed by atoms with E-state index in [0.29, 0.717) is 47.9 Å². The van der Waals surface area contributed by atoms with Gasteiger partial charge in [0.15, 0.2) is 0 Å². The number of aromatic nitrogens is 1. The third kappa shape index (κ3) is 5.76. The molecule has 1 aromatic carbocycles. The predicted molar refractivity (Wildman–Crippen MR) is 114 cm³/mol. The van der Waals surface area contributed by atoms with Crippen LogP contribution in [0.2, 0.25) is 0 Å². The first-order valence-electron chi connectivity index (χ1n) is 9.98. The van der Waals surface area contributed by atoms with Gasteiger partial charge in [-0.3, -0.25) is 4.79 Å². The summed E-state index contributed by atoms with van der Waals surface area (Å²) in [5.41, 5.74) is 3.04. The van der Waals surface area contributed by atoms with Gasteiger partial charge in [0.2, 0.25) is 0 Å². The van der Waals surface area contributed by atoms with Gasteiger partial charge in [-0.05, 0) is 49.1 Å². The zero-order chi connectivity index (χ0) is 21.4. The lowest BCUT2D eigenvalue weighted by Crippen LogP contribution is -2.28. The van der Waals surface area contributed by atoms with Gasteiger partial charge in [0, 0.05) is 17.9 Å². The molecule has 0 aliphatic rings. The number of methoxy groups -OCH3 is 1. The van der Waals surface area contributed by atoms with Crippen LogP contribution in [0.3, 0.4) is 0 Å². The zero-order valence-electron chi connectivity index (χ0n) is 17.8. The summed E-state index contributed by atoms with van der Waals surface area (Å²) < 4.78 is 10.4. The summed E-state index contributed by atoms with van der Waals surface area (Å²) in [6, 6.07) is 7.49. The van der Waals surface area contributed by atoms with Crippen molar-refractivity contribution in [1.29, 1.82) is 0 Å². The molecule has 1 heterocycles. The van der Waals surface area contributed by atoms with Crippen molar-refractivity contribution in [3.05, 3.63) is 46.8 Å². The first-order chi connectivity index (χ1) is 13.9. The van der Waals surface area contributed by atoms with Gasteiger partial charge in [-0.1, -0.05) is 20.8 Å². The second-order valence-electron chi connectivity index (χ2n) is 7.09. The fraction of sp³-hybridized carbons (Fsp3) is 0.455. The molecule has 158 valence electrons. The maximum Gasteiger partial charge on any atom is 0.340 e. The zero-order valence-corrected chi connectivity index (χ0v) is 17.8. The minimum absolute atomic E-state index is 0.211. The van der Waals surface area contributed by atoms with Crippen LogP contribution in [0, 0.1) is 5.92 Å². The number of carbonyl (C=O) groups excluding carboxylic acids is 2. The van der Waals surface area contributed by atoms with Crippen LogP contribution >= 0.6 is 0 Å². The third-order valence-corrected chi connectivity index (χ3v) is 4.47. The number of nitrogens with one attached hydrogen (secondary N) is 3. The third-order valence-electron chi connectivity index (χ3n) is 4.47. The number of carbonyl (C=O) groups is 2. The van der Waals surface area contributed by atoms with Crippen molar-refractivity contribution < 1.29 is 19.1 Å². The Balaban J connectivity index is 2.31. The van der Waals surface area contributed by atoms with Crippen LogP contribution in [0.4, 0.5) is 5.69 Å². The summed E-state index contributed by atoms with van der Waals surface area (Å²) in [6.45, 7) is 8.94. The molecule has 29 heavy (non-hydrogen) atoms. The average Bonchev–Trinajstić information content (AvgIpc) is 3.09. The number of ether oxygens (including phenoxy) is 2. The largest absolute Gasteiger partial charge is 0.497 e. The summed E-state index contributed by atoms with van der Waals surface area (Å²) in [5, 5.41) is 6.19. The van der Waals surface area contributed by atoms with Crippen molar-refractivity contribution in [2.75, 3.05) is 25.6 Å². The minimum Gasteiger partial charge on any atom is -0.497 e. The lowest BCUT2D eigenvalue weighted by molar-refractivity contribution is 0.0524. The maximum atomic E-state index is 12.7. The van der Waals surface area contributed by atoms with Crippen molar-refractivity contribution in [2.24, 2.45) is 5.92 Å². The van der Waals surface area contributed by atoms with Crippen LogP contribution in [0.1, 0.15) is 59.8 Å². The molecule has 2 aromatic rings. The Bertz CT molecular complexity index is 825. The number of anilines is 1. The fourth-order valence-corrected chi connectivity index (χ4v) is 3.01.